The molecule has 41 heavy (non-hydrogen) atoms. The Morgan fingerprint density at radius 3 is 1.78 bits per heavy atom. The van der Waals surface area contributed by atoms with E-state index in [0.29, 0.717) is 5.75 Å². The van der Waals surface area contributed by atoms with E-state index in [-0.39, 0.29) is 24.3 Å². The molecule has 0 N–H and O–H groups in total. The van der Waals surface area contributed by atoms with Crippen molar-refractivity contribution in [1.82, 2.24) is 0 Å². The number of hydrogen-bond acceptors (Lipinski definition) is 10. The van der Waals surface area contributed by atoms with Crippen LogP contribution in [-0.2, 0) is 39.8 Å². The number of hydrogen-bond donors (Lipinski definition) is 0. The van der Waals surface area contributed by atoms with E-state index in [4.69, 9.17) is 33.2 Å². The van der Waals surface area contributed by atoms with Crippen LogP contribution >= 0.6 is 0 Å². The summed E-state index contributed by atoms with van der Waals surface area (Å²) >= 11 is 0. The maximum absolute atomic E-state index is 13.2. The maximum atomic E-state index is 13.2. The molecular weight excluding hydrogens is 532 g/mol. The van der Waals surface area contributed by atoms with E-state index in [2.05, 4.69) is 0 Å². The lowest BCUT2D eigenvalue weighted by atomic mass is 9.98. The summed E-state index contributed by atoms with van der Waals surface area (Å²) in [6.07, 6.45) is -5.84. The molecule has 1 aliphatic rings. The first-order valence-electron chi connectivity index (χ1n) is 13.0. The van der Waals surface area contributed by atoms with Crippen molar-refractivity contribution in [2.24, 2.45) is 0 Å². The molecule has 216 valence electrons. The van der Waals surface area contributed by atoms with Gasteiger partial charge in [0.15, 0.2) is 24.6 Å². The molecule has 0 bridgehead atoms. The summed E-state index contributed by atoms with van der Waals surface area (Å²) in [6.45, 7) is 1.39. The van der Waals surface area contributed by atoms with Gasteiger partial charge in [-0.25, -0.2) is 9.59 Å². The topological polar surface area (TPSA) is 116 Å². The summed E-state index contributed by atoms with van der Waals surface area (Å²) < 4.78 is 40.0. The summed E-state index contributed by atoms with van der Waals surface area (Å²) in [5, 5.41) is 0. The van der Waals surface area contributed by atoms with Gasteiger partial charge in [0, 0.05) is 14.0 Å². The van der Waals surface area contributed by atoms with Crippen molar-refractivity contribution in [1.29, 1.82) is 0 Å². The quantitative estimate of drug-likeness (QED) is 0.250. The number of ether oxygens (including phenoxy) is 7. The molecule has 1 aliphatic heterocycles. The Balaban J connectivity index is 1.60. The van der Waals surface area contributed by atoms with Crippen molar-refractivity contribution < 1.29 is 47.5 Å². The minimum Gasteiger partial charge on any atom is -0.497 e. The van der Waals surface area contributed by atoms with Crippen LogP contribution in [-0.4, -0.2) is 69.4 Å². The van der Waals surface area contributed by atoms with Crippen LogP contribution in [0.4, 0.5) is 0 Å². The Kier molecular flexibility index (Phi) is 10.4. The van der Waals surface area contributed by atoms with Crippen molar-refractivity contribution in [2.45, 2.75) is 44.2 Å². The van der Waals surface area contributed by atoms with E-state index >= 15 is 0 Å². The highest BCUT2D eigenvalue weighted by Gasteiger charge is 2.52. The SMILES string of the molecule is COc1ccc(COC[C@H]2O[C@@H](OC)[C@H](OC(=O)c3ccccc3)[C@@H](OC(=O)c3ccccc3)[C@@H]2OC(C)=O)cc1. The van der Waals surface area contributed by atoms with Gasteiger partial charge in [0.25, 0.3) is 0 Å². The van der Waals surface area contributed by atoms with Gasteiger partial charge < -0.3 is 33.2 Å². The molecule has 1 fully saturated rings. The minimum atomic E-state index is -1.28. The zero-order valence-corrected chi connectivity index (χ0v) is 23.0. The fourth-order valence-electron chi connectivity index (χ4n) is 4.34. The standard InChI is InChI=1S/C31H32O10/c1-20(32)38-26-25(19-37-18-21-14-16-24(35-2)17-15-21)39-31(36-3)28(41-30(34)23-12-8-5-9-13-23)27(26)40-29(33)22-10-6-4-7-11-22/h4-17,25-28,31H,18-19H2,1-3H3/t25-,26-,27+,28-,31-/m1/s1. The predicted molar refractivity (Wildman–Crippen MR) is 145 cm³/mol. The smallest absolute Gasteiger partial charge is 0.338 e. The van der Waals surface area contributed by atoms with Gasteiger partial charge >= 0.3 is 17.9 Å². The normalized spacial score (nSPS) is 21.9. The van der Waals surface area contributed by atoms with Crippen LogP contribution in [0.3, 0.4) is 0 Å². The van der Waals surface area contributed by atoms with Gasteiger partial charge in [-0.15, -0.1) is 0 Å². The van der Waals surface area contributed by atoms with Crippen LogP contribution in [0.15, 0.2) is 84.9 Å². The number of carbonyl (C=O) groups excluding carboxylic acids is 3. The molecule has 1 heterocycles. The average molecular weight is 565 g/mol. The lowest BCUT2D eigenvalue weighted by molar-refractivity contribution is -0.297. The molecule has 10 nitrogen and oxygen atoms in total. The average Bonchev–Trinajstić information content (AvgIpc) is 3.00. The predicted octanol–water partition coefficient (Wildman–Crippen LogP) is 3.97. The highest BCUT2D eigenvalue weighted by molar-refractivity contribution is 5.90. The lowest BCUT2D eigenvalue weighted by Gasteiger charge is -2.44. The van der Waals surface area contributed by atoms with Gasteiger partial charge in [0.1, 0.15) is 11.9 Å². The number of rotatable bonds is 11. The van der Waals surface area contributed by atoms with Gasteiger partial charge in [0.2, 0.25) is 0 Å². The second kappa shape index (κ2) is 14.4. The van der Waals surface area contributed by atoms with Gasteiger partial charge in [-0.3, -0.25) is 4.79 Å². The summed E-state index contributed by atoms with van der Waals surface area (Å²) in [6, 6.07) is 23.9. The largest absolute Gasteiger partial charge is 0.497 e. The van der Waals surface area contributed by atoms with Crippen LogP contribution in [0.25, 0.3) is 0 Å². The Morgan fingerprint density at radius 1 is 0.707 bits per heavy atom. The number of esters is 3. The minimum absolute atomic E-state index is 0.0530. The Labute approximate surface area is 238 Å². The molecule has 1 saturated heterocycles. The molecular formula is C31H32O10. The summed E-state index contributed by atoms with van der Waals surface area (Å²) in [5.74, 6) is -1.34. The molecule has 0 spiro atoms. The molecule has 0 unspecified atom stereocenters. The maximum Gasteiger partial charge on any atom is 0.338 e. The van der Waals surface area contributed by atoms with Crippen LogP contribution in [0.1, 0.15) is 33.2 Å². The first-order valence-corrected chi connectivity index (χ1v) is 13.0. The number of benzene rings is 3. The van der Waals surface area contributed by atoms with Gasteiger partial charge in [-0.05, 0) is 42.0 Å². The van der Waals surface area contributed by atoms with E-state index < -0.39 is 48.6 Å². The Hall–Kier alpha value is -4.25. The lowest BCUT2D eigenvalue weighted by Crippen LogP contribution is -2.62. The third-order valence-corrected chi connectivity index (χ3v) is 6.34. The molecule has 3 aromatic rings. The zero-order valence-electron chi connectivity index (χ0n) is 23.0. The summed E-state index contributed by atoms with van der Waals surface area (Å²) in [4.78, 5) is 38.4. The molecule has 0 radical (unpaired) electrons. The van der Waals surface area contributed by atoms with Crippen LogP contribution in [0.2, 0.25) is 0 Å². The van der Waals surface area contributed by atoms with E-state index in [1.54, 1.807) is 67.8 Å². The summed E-state index contributed by atoms with van der Waals surface area (Å²) in [7, 11) is 2.95. The van der Waals surface area contributed by atoms with Crippen LogP contribution in [0.5, 0.6) is 5.75 Å². The first-order chi connectivity index (χ1) is 19.9. The molecule has 0 amide bonds. The van der Waals surface area contributed by atoms with Crippen molar-refractivity contribution in [3.63, 3.8) is 0 Å². The fourth-order valence-corrected chi connectivity index (χ4v) is 4.34. The molecule has 3 aromatic carbocycles. The van der Waals surface area contributed by atoms with Crippen molar-refractivity contribution in [2.75, 3.05) is 20.8 Å². The van der Waals surface area contributed by atoms with E-state index in [1.807, 2.05) is 24.3 Å². The van der Waals surface area contributed by atoms with Crippen LogP contribution in [0, 0.1) is 0 Å². The zero-order chi connectivity index (χ0) is 29.2. The molecule has 0 aliphatic carbocycles. The Bertz CT molecular complexity index is 1280. The van der Waals surface area contributed by atoms with Gasteiger partial charge in [-0.1, -0.05) is 48.5 Å². The fraction of sp³-hybridized carbons (Fsp3) is 0.323. The second-order valence-corrected chi connectivity index (χ2v) is 9.19. The van der Waals surface area contributed by atoms with Gasteiger partial charge in [-0.2, -0.15) is 0 Å². The third kappa shape index (κ3) is 7.91. The number of methoxy groups -OCH3 is 2. The summed E-state index contributed by atoms with van der Waals surface area (Å²) in [5.41, 5.74) is 1.40. The Morgan fingerprint density at radius 2 is 1.27 bits per heavy atom. The molecule has 4 rings (SSSR count). The highest BCUT2D eigenvalue weighted by Crippen LogP contribution is 2.31. The van der Waals surface area contributed by atoms with Crippen molar-refractivity contribution >= 4 is 17.9 Å². The van der Waals surface area contributed by atoms with E-state index in [0.717, 1.165) is 5.56 Å². The second-order valence-electron chi connectivity index (χ2n) is 9.19. The highest BCUT2D eigenvalue weighted by atomic mass is 16.7. The number of carbonyl (C=O) groups is 3. The first kappa shape index (κ1) is 29.7. The van der Waals surface area contributed by atoms with E-state index in [9.17, 15) is 14.4 Å². The molecule has 10 heteroatoms. The van der Waals surface area contributed by atoms with Crippen molar-refractivity contribution in [3.8, 4) is 5.75 Å². The third-order valence-electron chi connectivity index (χ3n) is 6.34. The molecule has 5 atom stereocenters. The van der Waals surface area contributed by atoms with Crippen molar-refractivity contribution in [3.05, 3.63) is 102 Å². The van der Waals surface area contributed by atoms with Gasteiger partial charge in [0.05, 0.1) is 31.5 Å². The van der Waals surface area contributed by atoms with E-state index in [1.165, 1.54) is 14.0 Å². The molecule has 0 aromatic heterocycles. The van der Waals surface area contributed by atoms with Crippen LogP contribution < -0.4 is 4.74 Å². The molecule has 0 saturated carbocycles. The monoisotopic (exact) mass is 564 g/mol.